The van der Waals surface area contributed by atoms with Crippen molar-refractivity contribution in [2.75, 3.05) is 29.9 Å². The Balaban J connectivity index is 1.35. The van der Waals surface area contributed by atoms with E-state index in [0.717, 1.165) is 71.6 Å². The molecule has 2 aromatic carbocycles. The fourth-order valence-corrected chi connectivity index (χ4v) is 4.62. The molecule has 0 atom stereocenters. The zero-order valence-corrected chi connectivity index (χ0v) is 18.5. The van der Waals surface area contributed by atoms with Crippen molar-refractivity contribution in [3.05, 3.63) is 65.3 Å². The number of rotatable bonds is 6. The van der Waals surface area contributed by atoms with Crippen molar-refractivity contribution in [2.45, 2.75) is 12.8 Å². The quantitative estimate of drug-likeness (QED) is 0.265. The van der Waals surface area contributed by atoms with E-state index in [1.165, 1.54) is 0 Å². The lowest BCUT2D eigenvalue weighted by Gasteiger charge is -2.31. The maximum atomic E-state index is 11.6. The molecule has 0 radical (unpaired) electrons. The SMILES string of the molecule is O=c1[nH]c2ccc(Nc3nccc(N(CC4CCNCC4)c4cccc5[nH]ncc45)n3)cc2[nH]1. The van der Waals surface area contributed by atoms with E-state index in [1.54, 1.807) is 6.20 Å². The van der Waals surface area contributed by atoms with E-state index in [2.05, 4.69) is 46.7 Å². The number of piperidine rings is 1. The second-order valence-electron chi connectivity index (χ2n) is 8.62. The third-order valence-corrected chi connectivity index (χ3v) is 6.34. The average molecular weight is 456 g/mol. The number of hydrogen-bond acceptors (Lipinski definition) is 7. The zero-order chi connectivity index (χ0) is 22.9. The third-order valence-electron chi connectivity index (χ3n) is 6.34. The number of imidazole rings is 1. The van der Waals surface area contributed by atoms with Gasteiger partial charge in [0.1, 0.15) is 5.82 Å². The van der Waals surface area contributed by atoms with Gasteiger partial charge in [-0.05, 0) is 68.2 Å². The Morgan fingerprint density at radius 3 is 2.82 bits per heavy atom. The van der Waals surface area contributed by atoms with Crippen LogP contribution in [0.1, 0.15) is 12.8 Å². The van der Waals surface area contributed by atoms with Gasteiger partial charge in [-0.2, -0.15) is 10.1 Å². The lowest BCUT2D eigenvalue weighted by Crippen LogP contribution is -2.34. The van der Waals surface area contributed by atoms with Crippen molar-refractivity contribution in [2.24, 2.45) is 5.92 Å². The molecule has 1 fully saturated rings. The van der Waals surface area contributed by atoms with Gasteiger partial charge in [0.2, 0.25) is 5.95 Å². The van der Waals surface area contributed by atoms with Crippen molar-refractivity contribution in [1.29, 1.82) is 0 Å². The number of fused-ring (bicyclic) bond motifs is 2. The summed E-state index contributed by atoms with van der Waals surface area (Å²) in [4.78, 5) is 28.7. The van der Waals surface area contributed by atoms with Gasteiger partial charge in [0.25, 0.3) is 0 Å². The highest BCUT2D eigenvalue weighted by Gasteiger charge is 2.22. The monoisotopic (exact) mass is 455 g/mol. The minimum Gasteiger partial charge on any atom is -0.325 e. The molecule has 10 nitrogen and oxygen atoms in total. The number of H-pyrrole nitrogens is 3. The first-order valence-corrected chi connectivity index (χ1v) is 11.5. The van der Waals surface area contributed by atoms with Gasteiger partial charge in [0.15, 0.2) is 0 Å². The number of nitrogens with one attached hydrogen (secondary N) is 5. The molecular formula is C24H25N9O. The van der Waals surface area contributed by atoms with Gasteiger partial charge in [-0.25, -0.2) is 9.78 Å². The van der Waals surface area contributed by atoms with Crippen LogP contribution < -0.4 is 21.2 Å². The van der Waals surface area contributed by atoms with Crippen LogP contribution in [0.25, 0.3) is 21.9 Å². The first kappa shape index (κ1) is 20.4. The normalized spacial score (nSPS) is 14.6. The molecule has 10 heteroatoms. The summed E-state index contributed by atoms with van der Waals surface area (Å²) in [6, 6.07) is 13.7. The maximum Gasteiger partial charge on any atom is 0.323 e. The maximum absolute atomic E-state index is 11.6. The van der Waals surface area contributed by atoms with Crippen LogP contribution >= 0.6 is 0 Å². The molecule has 0 unspecified atom stereocenters. The second kappa shape index (κ2) is 8.64. The Labute approximate surface area is 194 Å². The topological polar surface area (TPSA) is 130 Å². The van der Waals surface area contributed by atoms with Crippen LogP contribution in [0.5, 0.6) is 0 Å². The highest BCUT2D eigenvalue weighted by atomic mass is 16.1. The molecule has 0 spiro atoms. The molecule has 0 saturated carbocycles. The summed E-state index contributed by atoms with van der Waals surface area (Å²) in [6.07, 6.45) is 5.89. The molecule has 34 heavy (non-hydrogen) atoms. The molecule has 1 aliphatic rings. The summed E-state index contributed by atoms with van der Waals surface area (Å²) in [5, 5.41) is 15.1. The summed E-state index contributed by atoms with van der Waals surface area (Å²) in [5.74, 6) is 1.87. The van der Waals surface area contributed by atoms with Crippen LogP contribution in [0.3, 0.4) is 0 Å². The summed E-state index contributed by atoms with van der Waals surface area (Å²) in [6.45, 7) is 2.93. The number of hydrogen-bond donors (Lipinski definition) is 5. The van der Waals surface area contributed by atoms with E-state index in [9.17, 15) is 4.79 Å². The van der Waals surface area contributed by atoms with E-state index < -0.39 is 0 Å². The molecule has 1 aliphatic heterocycles. The van der Waals surface area contributed by atoms with Crippen molar-refractivity contribution in [3.8, 4) is 0 Å². The standard InChI is InChI=1S/C24H25N9O/c34-24-29-19-5-4-16(12-20(19)30-24)28-23-26-11-8-22(31-23)33(14-15-6-9-25-10-7-15)21-3-1-2-18-17(21)13-27-32-18/h1-5,8,11-13,15,25H,6-7,9-10,14H2,(H,27,32)(H,26,28,31)(H2,29,30,34). The predicted octanol–water partition coefficient (Wildman–Crippen LogP) is 3.40. The van der Waals surface area contributed by atoms with Crippen LogP contribution in [-0.4, -0.2) is 49.8 Å². The van der Waals surface area contributed by atoms with Crippen LogP contribution in [0, 0.1) is 5.92 Å². The van der Waals surface area contributed by atoms with Gasteiger partial charge < -0.3 is 25.5 Å². The Kier molecular flexibility index (Phi) is 5.19. The molecule has 172 valence electrons. The van der Waals surface area contributed by atoms with Gasteiger partial charge in [0, 0.05) is 23.8 Å². The molecule has 6 rings (SSSR count). The van der Waals surface area contributed by atoms with Crippen molar-refractivity contribution < 1.29 is 0 Å². The lowest BCUT2D eigenvalue weighted by molar-refractivity contribution is 0.380. The molecule has 5 aromatic rings. The van der Waals surface area contributed by atoms with E-state index in [4.69, 9.17) is 4.98 Å². The smallest absolute Gasteiger partial charge is 0.323 e. The van der Waals surface area contributed by atoms with Gasteiger partial charge in [-0.3, -0.25) is 5.10 Å². The molecule has 4 heterocycles. The van der Waals surface area contributed by atoms with E-state index in [0.29, 0.717) is 11.9 Å². The van der Waals surface area contributed by atoms with Crippen LogP contribution in [-0.2, 0) is 0 Å². The summed E-state index contributed by atoms with van der Waals surface area (Å²) in [5.41, 5.74) is 4.11. The van der Waals surface area contributed by atoms with Crippen LogP contribution in [0.4, 0.5) is 23.1 Å². The Morgan fingerprint density at radius 1 is 1.03 bits per heavy atom. The van der Waals surface area contributed by atoms with Crippen LogP contribution in [0.15, 0.2) is 59.7 Å². The molecule has 1 saturated heterocycles. The summed E-state index contributed by atoms with van der Waals surface area (Å²) in [7, 11) is 0. The number of benzene rings is 2. The Morgan fingerprint density at radius 2 is 1.91 bits per heavy atom. The first-order valence-electron chi connectivity index (χ1n) is 11.5. The molecule has 3 aromatic heterocycles. The molecule has 0 bridgehead atoms. The largest absolute Gasteiger partial charge is 0.325 e. The minimum atomic E-state index is -0.229. The molecule has 0 amide bonds. The van der Waals surface area contributed by atoms with E-state index in [1.807, 2.05) is 42.6 Å². The summed E-state index contributed by atoms with van der Waals surface area (Å²) >= 11 is 0. The number of aromatic nitrogens is 6. The highest BCUT2D eigenvalue weighted by molar-refractivity contribution is 5.93. The first-order chi connectivity index (χ1) is 16.7. The van der Waals surface area contributed by atoms with Crippen molar-refractivity contribution in [3.63, 3.8) is 0 Å². The minimum absolute atomic E-state index is 0.229. The number of nitrogens with zero attached hydrogens (tertiary/aromatic N) is 4. The average Bonchev–Trinajstić information content (AvgIpc) is 3.49. The highest BCUT2D eigenvalue weighted by Crippen LogP contribution is 2.33. The van der Waals surface area contributed by atoms with Gasteiger partial charge in [-0.15, -0.1) is 0 Å². The Bertz CT molecular complexity index is 1500. The van der Waals surface area contributed by atoms with Gasteiger partial charge >= 0.3 is 5.69 Å². The molecule has 0 aliphatic carbocycles. The van der Waals surface area contributed by atoms with Gasteiger partial charge in [0.05, 0.1) is 28.4 Å². The third kappa shape index (κ3) is 3.99. The van der Waals surface area contributed by atoms with Gasteiger partial charge in [-0.1, -0.05) is 6.07 Å². The zero-order valence-electron chi connectivity index (χ0n) is 18.5. The Hall–Kier alpha value is -4.18. The van der Waals surface area contributed by atoms with Crippen LogP contribution in [0.2, 0.25) is 0 Å². The van der Waals surface area contributed by atoms with Crippen molar-refractivity contribution in [1.82, 2.24) is 35.5 Å². The fourth-order valence-electron chi connectivity index (χ4n) is 4.62. The number of aromatic amines is 3. The number of anilines is 4. The van der Waals surface area contributed by atoms with Crippen molar-refractivity contribution >= 4 is 45.1 Å². The predicted molar refractivity (Wildman–Crippen MR) is 133 cm³/mol. The van der Waals surface area contributed by atoms with E-state index in [-0.39, 0.29) is 5.69 Å². The second-order valence-corrected chi connectivity index (χ2v) is 8.62. The fraction of sp³-hybridized carbons (Fsp3) is 0.250. The summed E-state index contributed by atoms with van der Waals surface area (Å²) < 4.78 is 0. The van der Waals surface area contributed by atoms with E-state index >= 15 is 0 Å². The molecular weight excluding hydrogens is 430 g/mol. The lowest BCUT2D eigenvalue weighted by atomic mass is 9.97. The molecule has 5 N–H and O–H groups in total.